The van der Waals surface area contributed by atoms with E-state index >= 15 is 0 Å². The van der Waals surface area contributed by atoms with Crippen LogP contribution in [0.1, 0.15) is 10.4 Å². The topological polar surface area (TPSA) is 26.3 Å². The van der Waals surface area contributed by atoms with E-state index < -0.39 is 5.56 Å². The van der Waals surface area contributed by atoms with Crippen molar-refractivity contribution >= 4 is 17.4 Å². The van der Waals surface area contributed by atoms with Crippen LogP contribution < -0.4 is 0 Å². The molecule has 3 heteroatoms. The molecule has 0 aliphatic heterocycles. The largest absolute Gasteiger partial charge is 0.358 e. The molecule has 12 heavy (non-hydrogen) atoms. The number of halogens is 1. The summed E-state index contributed by atoms with van der Waals surface area (Å²) in [5, 5.41) is 0. The Morgan fingerprint density at radius 2 is 2.00 bits per heavy atom. The number of benzene rings is 1. The Labute approximate surface area is 76.1 Å². The van der Waals surface area contributed by atoms with E-state index in [0.717, 1.165) is 0 Å². The van der Waals surface area contributed by atoms with Crippen LogP contribution in [0.5, 0.6) is 0 Å². The number of hydrogen-bond donors (Lipinski definition) is 0. The lowest BCUT2D eigenvalue weighted by Crippen LogP contribution is -2.16. The molecule has 2 nitrogen and oxygen atoms in total. The van der Waals surface area contributed by atoms with Crippen LogP contribution in [0, 0.1) is 0 Å². The van der Waals surface area contributed by atoms with E-state index in [1.54, 1.807) is 24.3 Å². The van der Waals surface area contributed by atoms with E-state index in [9.17, 15) is 4.79 Å². The first-order valence-electron chi connectivity index (χ1n) is 3.52. The quantitative estimate of drug-likeness (QED) is 0.531. The highest BCUT2D eigenvalue weighted by Gasteiger charge is 2.15. The third-order valence-electron chi connectivity index (χ3n) is 1.47. The highest BCUT2D eigenvalue weighted by molar-refractivity contribution is 6.32. The summed E-state index contributed by atoms with van der Waals surface area (Å²) in [6, 6.07) is 8.82. The Morgan fingerprint density at radius 3 is 2.50 bits per heavy atom. The molecule has 0 saturated heterocycles. The first-order chi connectivity index (χ1) is 5.75. The Morgan fingerprint density at radius 1 is 1.42 bits per heavy atom. The molecule has 0 fully saturated rings. The van der Waals surface area contributed by atoms with Crippen LogP contribution in [0.4, 0.5) is 0 Å². The first-order valence-corrected chi connectivity index (χ1v) is 3.95. The highest BCUT2D eigenvalue weighted by atomic mass is 35.5. The molecule has 0 N–H and O–H groups in total. The van der Waals surface area contributed by atoms with Gasteiger partial charge in [0.2, 0.25) is 5.78 Å². The fourth-order valence-corrected chi connectivity index (χ4v) is 0.966. The standard InChI is InChI=1S/C9H9ClO2/c1-12-9(10)8(11)7-5-3-2-4-6-7/h2-6,9H,1H3. The number of ketones is 1. The van der Waals surface area contributed by atoms with Gasteiger partial charge in [0.15, 0.2) is 5.56 Å². The molecule has 0 aromatic heterocycles. The maximum Gasteiger partial charge on any atom is 0.206 e. The first kappa shape index (κ1) is 9.23. The molecule has 1 unspecified atom stereocenters. The lowest BCUT2D eigenvalue weighted by Gasteiger charge is -2.04. The molecule has 1 atom stereocenters. The van der Waals surface area contributed by atoms with Crippen molar-refractivity contribution in [2.24, 2.45) is 0 Å². The van der Waals surface area contributed by atoms with E-state index in [-0.39, 0.29) is 5.78 Å². The Hall–Kier alpha value is -0.860. The summed E-state index contributed by atoms with van der Waals surface area (Å²) >= 11 is 5.58. The summed E-state index contributed by atoms with van der Waals surface area (Å²) < 4.78 is 4.68. The van der Waals surface area contributed by atoms with E-state index in [1.807, 2.05) is 6.07 Å². The second-order valence-electron chi connectivity index (χ2n) is 2.28. The van der Waals surface area contributed by atoms with Gasteiger partial charge < -0.3 is 4.74 Å². The molecule has 0 saturated carbocycles. The zero-order valence-electron chi connectivity index (χ0n) is 6.66. The summed E-state index contributed by atoms with van der Waals surface area (Å²) in [4.78, 5) is 11.3. The summed E-state index contributed by atoms with van der Waals surface area (Å²) in [6.07, 6.45) is 0. The lowest BCUT2D eigenvalue weighted by atomic mass is 10.1. The van der Waals surface area contributed by atoms with Crippen molar-refractivity contribution in [1.29, 1.82) is 0 Å². The minimum Gasteiger partial charge on any atom is -0.358 e. The van der Waals surface area contributed by atoms with Crippen LogP contribution in [0.3, 0.4) is 0 Å². The Bertz CT molecular complexity index is 258. The molecular weight excluding hydrogens is 176 g/mol. The highest BCUT2D eigenvalue weighted by Crippen LogP contribution is 2.08. The number of Topliss-reactive ketones (excluding diaryl/α,β-unsaturated/α-hetero) is 1. The minimum atomic E-state index is -0.882. The lowest BCUT2D eigenvalue weighted by molar-refractivity contribution is 0.0782. The molecule has 0 bridgehead atoms. The zero-order chi connectivity index (χ0) is 8.97. The number of carbonyl (C=O) groups is 1. The van der Waals surface area contributed by atoms with Crippen LogP contribution in [0.15, 0.2) is 30.3 Å². The summed E-state index contributed by atoms with van der Waals surface area (Å²) in [5.41, 5.74) is -0.313. The number of carbonyl (C=O) groups excluding carboxylic acids is 1. The monoisotopic (exact) mass is 184 g/mol. The number of rotatable bonds is 3. The molecule has 64 valence electrons. The van der Waals surface area contributed by atoms with Crippen LogP contribution in [0.2, 0.25) is 0 Å². The summed E-state index contributed by atoms with van der Waals surface area (Å²) in [6.45, 7) is 0. The van der Waals surface area contributed by atoms with Crippen molar-refractivity contribution in [2.45, 2.75) is 5.56 Å². The molecule has 1 aromatic carbocycles. The van der Waals surface area contributed by atoms with E-state index in [0.29, 0.717) is 5.56 Å². The van der Waals surface area contributed by atoms with Crippen molar-refractivity contribution in [2.75, 3.05) is 7.11 Å². The second kappa shape index (κ2) is 4.24. The Balaban J connectivity index is 2.79. The van der Waals surface area contributed by atoms with Gasteiger partial charge in [-0.2, -0.15) is 0 Å². The van der Waals surface area contributed by atoms with Gasteiger partial charge >= 0.3 is 0 Å². The molecule has 1 aromatic rings. The molecule has 0 heterocycles. The minimum absolute atomic E-state index is 0.209. The summed E-state index contributed by atoms with van der Waals surface area (Å²) in [7, 11) is 1.40. The van der Waals surface area contributed by atoms with Crippen LogP contribution >= 0.6 is 11.6 Å². The van der Waals surface area contributed by atoms with Gasteiger partial charge in [-0.15, -0.1) is 0 Å². The van der Waals surface area contributed by atoms with Gasteiger partial charge in [-0.1, -0.05) is 41.9 Å². The van der Waals surface area contributed by atoms with Crippen molar-refractivity contribution < 1.29 is 9.53 Å². The van der Waals surface area contributed by atoms with Gasteiger partial charge in [0.25, 0.3) is 0 Å². The fourth-order valence-electron chi connectivity index (χ4n) is 0.840. The van der Waals surface area contributed by atoms with Gasteiger partial charge in [-0.25, -0.2) is 0 Å². The van der Waals surface area contributed by atoms with Gasteiger partial charge in [-0.05, 0) is 0 Å². The number of hydrogen-bond acceptors (Lipinski definition) is 2. The van der Waals surface area contributed by atoms with E-state index in [1.165, 1.54) is 7.11 Å². The molecule has 0 amide bonds. The average Bonchev–Trinajstić information content (AvgIpc) is 2.17. The van der Waals surface area contributed by atoms with Gasteiger partial charge in [0, 0.05) is 12.7 Å². The van der Waals surface area contributed by atoms with Crippen LogP contribution in [0.25, 0.3) is 0 Å². The normalized spacial score (nSPS) is 12.5. The van der Waals surface area contributed by atoms with Crippen molar-refractivity contribution in [3.63, 3.8) is 0 Å². The maximum absolute atomic E-state index is 11.3. The smallest absolute Gasteiger partial charge is 0.206 e. The molecular formula is C9H9ClO2. The van der Waals surface area contributed by atoms with Crippen LogP contribution in [-0.4, -0.2) is 18.5 Å². The number of methoxy groups -OCH3 is 1. The van der Waals surface area contributed by atoms with Crippen molar-refractivity contribution in [1.82, 2.24) is 0 Å². The average molecular weight is 185 g/mol. The van der Waals surface area contributed by atoms with Crippen molar-refractivity contribution in [3.8, 4) is 0 Å². The Kier molecular flexibility index (Phi) is 3.26. The second-order valence-corrected chi connectivity index (χ2v) is 2.68. The van der Waals surface area contributed by atoms with Crippen LogP contribution in [-0.2, 0) is 4.74 Å². The molecule has 0 spiro atoms. The number of ether oxygens (including phenoxy) is 1. The molecule has 0 aliphatic carbocycles. The van der Waals surface area contributed by atoms with E-state index in [4.69, 9.17) is 11.6 Å². The predicted octanol–water partition coefficient (Wildman–Crippen LogP) is 2.08. The summed E-state index contributed by atoms with van der Waals surface area (Å²) in [5.74, 6) is -0.209. The number of alkyl halides is 1. The third kappa shape index (κ3) is 2.06. The molecule has 0 radical (unpaired) electrons. The van der Waals surface area contributed by atoms with E-state index in [2.05, 4.69) is 4.74 Å². The SMILES string of the molecule is COC(Cl)C(=O)c1ccccc1. The molecule has 1 rings (SSSR count). The maximum atomic E-state index is 11.3. The van der Waals surface area contributed by atoms with Gasteiger partial charge in [0.1, 0.15) is 0 Å². The molecule has 0 aliphatic rings. The van der Waals surface area contributed by atoms with Gasteiger partial charge in [-0.3, -0.25) is 4.79 Å². The predicted molar refractivity (Wildman–Crippen MR) is 47.4 cm³/mol. The fraction of sp³-hybridized carbons (Fsp3) is 0.222. The van der Waals surface area contributed by atoms with Crippen molar-refractivity contribution in [3.05, 3.63) is 35.9 Å². The van der Waals surface area contributed by atoms with Gasteiger partial charge in [0.05, 0.1) is 0 Å². The third-order valence-corrected chi connectivity index (χ3v) is 1.85. The zero-order valence-corrected chi connectivity index (χ0v) is 7.41.